The smallest absolute Gasteiger partial charge is 0.274 e. The molecule has 1 aliphatic carbocycles. The van der Waals surface area contributed by atoms with Gasteiger partial charge in [0.1, 0.15) is 0 Å². The van der Waals surface area contributed by atoms with E-state index in [-0.39, 0.29) is 12.5 Å². The van der Waals surface area contributed by atoms with Crippen molar-refractivity contribution in [3.05, 3.63) is 17.0 Å². The molecule has 0 aromatic carbocycles. The molecule has 156 valence electrons. The molecule has 2 atom stereocenters. The number of amides is 1. The first-order valence-electron chi connectivity index (χ1n) is 11.1. The summed E-state index contributed by atoms with van der Waals surface area (Å²) < 4.78 is 0. The quantitative estimate of drug-likeness (QED) is 0.790. The lowest BCUT2D eigenvalue weighted by Crippen LogP contribution is -2.57. The summed E-state index contributed by atoms with van der Waals surface area (Å²) in [5.41, 5.74) is 2.98. The largest absolute Gasteiger partial charge is 0.396 e. The summed E-state index contributed by atoms with van der Waals surface area (Å²) in [6, 6.07) is 0.525. The van der Waals surface area contributed by atoms with Crippen molar-refractivity contribution in [2.45, 2.75) is 51.0 Å². The second-order valence-electron chi connectivity index (χ2n) is 8.81. The Labute approximate surface area is 168 Å². The molecule has 28 heavy (non-hydrogen) atoms. The summed E-state index contributed by atoms with van der Waals surface area (Å²) in [6.45, 7) is 6.28. The van der Waals surface area contributed by atoms with Crippen LogP contribution in [0.5, 0.6) is 0 Å². The maximum Gasteiger partial charge on any atom is 0.274 e. The molecule has 2 saturated heterocycles. The number of nitrogens with zero attached hydrogens (tertiary/aromatic N) is 4. The lowest BCUT2D eigenvalue weighted by Gasteiger charge is -2.46. The van der Waals surface area contributed by atoms with Gasteiger partial charge < -0.3 is 14.9 Å². The van der Waals surface area contributed by atoms with Crippen molar-refractivity contribution >= 4 is 5.91 Å². The van der Waals surface area contributed by atoms with Gasteiger partial charge in [-0.1, -0.05) is 0 Å². The predicted molar refractivity (Wildman–Crippen MR) is 108 cm³/mol. The molecule has 1 aromatic rings. The van der Waals surface area contributed by atoms with Crippen LogP contribution < -0.4 is 0 Å². The van der Waals surface area contributed by atoms with Gasteiger partial charge in [-0.2, -0.15) is 5.10 Å². The van der Waals surface area contributed by atoms with Crippen LogP contribution in [0.15, 0.2) is 0 Å². The monoisotopic (exact) mass is 389 g/mol. The maximum absolute atomic E-state index is 13.3. The molecule has 1 amide bonds. The SMILES string of the molecule is CN1CCN(C2CCN(C(=O)c3n[nH]c4c3CCCC4)CC2CCCO)CC1. The van der Waals surface area contributed by atoms with Crippen molar-refractivity contribution in [1.82, 2.24) is 24.9 Å². The number of hydrogen-bond donors (Lipinski definition) is 2. The molecule has 1 aromatic heterocycles. The summed E-state index contributed by atoms with van der Waals surface area (Å²) in [4.78, 5) is 20.3. The molecule has 7 heteroatoms. The molecule has 2 aliphatic heterocycles. The number of likely N-dealkylation sites (tertiary alicyclic amines) is 1. The Morgan fingerprint density at radius 3 is 2.75 bits per heavy atom. The third kappa shape index (κ3) is 4.11. The molecule has 7 nitrogen and oxygen atoms in total. The number of piperidine rings is 1. The van der Waals surface area contributed by atoms with E-state index in [4.69, 9.17) is 0 Å². The van der Waals surface area contributed by atoms with E-state index >= 15 is 0 Å². The van der Waals surface area contributed by atoms with E-state index in [2.05, 4.69) is 27.0 Å². The second-order valence-corrected chi connectivity index (χ2v) is 8.81. The molecule has 2 unspecified atom stereocenters. The number of carbonyl (C=O) groups is 1. The zero-order chi connectivity index (χ0) is 19.5. The summed E-state index contributed by atoms with van der Waals surface area (Å²) in [7, 11) is 2.19. The highest BCUT2D eigenvalue weighted by Crippen LogP contribution is 2.29. The lowest BCUT2D eigenvalue weighted by atomic mass is 9.86. The van der Waals surface area contributed by atoms with Crippen LogP contribution in [-0.4, -0.2) is 94.9 Å². The molecule has 0 bridgehead atoms. The number of aromatic amines is 1. The van der Waals surface area contributed by atoms with E-state index in [1.54, 1.807) is 0 Å². The van der Waals surface area contributed by atoms with Crippen molar-refractivity contribution in [3.63, 3.8) is 0 Å². The van der Waals surface area contributed by atoms with Crippen LogP contribution in [0.3, 0.4) is 0 Å². The maximum atomic E-state index is 13.3. The van der Waals surface area contributed by atoms with Gasteiger partial charge in [-0.05, 0) is 57.9 Å². The molecule has 3 heterocycles. The first kappa shape index (κ1) is 19.9. The molecular formula is C21H35N5O2. The third-order valence-corrected chi connectivity index (χ3v) is 6.98. The lowest BCUT2D eigenvalue weighted by molar-refractivity contribution is 0.0215. The Hall–Kier alpha value is -1.44. The van der Waals surface area contributed by atoms with E-state index in [1.807, 2.05) is 4.90 Å². The Morgan fingerprint density at radius 2 is 1.96 bits per heavy atom. The molecule has 0 radical (unpaired) electrons. The number of piperazine rings is 1. The molecule has 4 rings (SSSR count). The van der Waals surface area contributed by atoms with Crippen molar-refractivity contribution in [1.29, 1.82) is 0 Å². The first-order chi connectivity index (χ1) is 13.7. The predicted octanol–water partition coefficient (Wildman–Crippen LogP) is 1.14. The van der Waals surface area contributed by atoms with Crippen LogP contribution >= 0.6 is 0 Å². The Balaban J connectivity index is 1.45. The number of aliphatic hydroxyl groups excluding tert-OH is 1. The van der Waals surface area contributed by atoms with Crippen LogP contribution in [0.1, 0.15) is 53.8 Å². The van der Waals surface area contributed by atoms with Crippen LogP contribution in [0.4, 0.5) is 0 Å². The van der Waals surface area contributed by atoms with Gasteiger partial charge in [0, 0.05) is 63.2 Å². The summed E-state index contributed by atoms with van der Waals surface area (Å²) in [5.74, 6) is 0.535. The van der Waals surface area contributed by atoms with E-state index in [9.17, 15) is 9.90 Å². The Kier molecular flexibility index (Phi) is 6.33. The van der Waals surface area contributed by atoms with Gasteiger partial charge in [0.15, 0.2) is 5.69 Å². The van der Waals surface area contributed by atoms with Gasteiger partial charge in [-0.25, -0.2) is 0 Å². The van der Waals surface area contributed by atoms with E-state index < -0.39 is 0 Å². The summed E-state index contributed by atoms with van der Waals surface area (Å²) in [6.07, 6.45) is 7.14. The number of rotatable bonds is 5. The van der Waals surface area contributed by atoms with Crippen molar-refractivity contribution in [2.24, 2.45) is 5.92 Å². The Bertz CT molecular complexity index is 668. The number of aryl methyl sites for hydroxylation is 1. The molecule has 2 fully saturated rings. The van der Waals surface area contributed by atoms with Gasteiger partial charge in [0.25, 0.3) is 5.91 Å². The number of aromatic nitrogens is 2. The van der Waals surface area contributed by atoms with Gasteiger partial charge in [-0.15, -0.1) is 0 Å². The van der Waals surface area contributed by atoms with E-state index in [0.29, 0.717) is 17.7 Å². The molecule has 3 aliphatic rings. The highest BCUT2D eigenvalue weighted by molar-refractivity contribution is 5.94. The topological polar surface area (TPSA) is 75.7 Å². The minimum atomic E-state index is 0.102. The number of carbonyl (C=O) groups excluding carboxylic acids is 1. The number of likely N-dealkylation sites (N-methyl/N-ethyl adjacent to an activating group) is 1. The third-order valence-electron chi connectivity index (χ3n) is 6.98. The number of fused-ring (bicyclic) bond motifs is 1. The average molecular weight is 390 g/mol. The van der Waals surface area contributed by atoms with Gasteiger partial charge in [0.2, 0.25) is 0 Å². The minimum absolute atomic E-state index is 0.102. The highest BCUT2D eigenvalue weighted by Gasteiger charge is 2.37. The fourth-order valence-electron chi connectivity index (χ4n) is 5.28. The van der Waals surface area contributed by atoms with E-state index in [1.165, 1.54) is 12.1 Å². The van der Waals surface area contributed by atoms with Crippen LogP contribution in [0.25, 0.3) is 0 Å². The van der Waals surface area contributed by atoms with Crippen LogP contribution in [0.2, 0.25) is 0 Å². The fourth-order valence-corrected chi connectivity index (χ4v) is 5.28. The molecule has 0 saturated carbocycles. The minimum Gasteiger partial charge on any atom is -0.396 e. The first-order valence-corrected chi connectivity index (χ1v) is 11.1. The standard InChI is InChI=1S/C21H35N5O2/c1-24-10-12-25(13-11-24)19-8-9-26(15-16(19)5-4-14-27)21(28)20-17-6-2-3-7-18(17)22-23-20/h16,19,27H,2-15H2,1H3,(H,22,23). The number of nitrogens with one attached hydrogen (secondary N) is 1. The Morgan fingerprint density at radius 1 is 1.18 bits per heavy atom. The summed E-state index contributed by atoms with van der Waals surface area (Å²) in [5, 5.41) is 16.9. The van der Waals surface area contributed by atoms with Crippen molar-refractivity contribution in [2.75, 3.05) is 52.9 Å². The highest BCUT2D eigenvalue weighted by atomic mass is 16.3. The van der Waals surface area contributed by atoms with Crippen LogP contribution in [0, 0.1) is 5.92 Å². The molecule has 0 spiro atoms. The fraction of sp³-hybridized carbons (Fsp3) is 0.810. The van der Waals surface area contributed by atoms with Gasteiger partial charge in [-0.3, -0.25) is 14.8 Å². The van der Waals surface area contributed by atoms with Gasteiger partial charge in [0.05, 0.1) is 0 Å². The normalized spacial score (nSPS) is 27.0. The number of hydrogen-bond acceptors (Lipinski definition) is 5. The average Bonchev–Trinajstić information content (AvgIpc) is 3.16. The van der Waals surface area contributed by atoms with Crippen LogP contribution in [-0.2, 0) is 12.8 Å². The molecular weight excluding hydrogens is 354 g/mol. The zero-order valence-electron chi connectivity index (χ0n) is 17.2. The number of aliphatic hydroxyl groups is 1. The van der Waals surface area contributed by atoms with Gasteiger partial charge >= 0.3 is 0 Å². The van der Waals surface area contributed by atoms with Crippen molar-refractivity contribution < 1.29 is 9.90 Å². The molecule has 2 N–H and O–H groups in total. The summed E-state index contributed by atoms with van der Waals surface area (Å²) >= 11 is 0. The number of H-pyrrole nitrogens is 1. The van der Waals surface area contributed by atoms with Crippen molar-refractivity contribution in [3.8, 4) is 0 Å². The zero-order valence-corrected chi connectivity index (χ0v) is 17.2. The second kappa shape index (κ2) is 8.93. The van der Waals surface area contributed by atoms with E-state index in [0.717, 1.165) is 83.4 Å².